The van der Waals surface area contributed by atoms with Crippen molar-refractivity contribution in [2.75, 3.05) is 13.1 Å². The third-order valence-corrected chi connectivity index (χ3v) is 4.01. The van der Waals surface area contributed by atoms with Gasteiger partial charge in [0.1, 0.15) is 11.6 Å². The molecule has 1 aliphatic heterocycles. The molecule has 2 rings (SSSR count). The zero-order chi connectivity index (χ0) is 14.9. The first kappa shape index (κ1) is 15.4. The lowest BCUT2D eigenvalue weighted by Gasteiger charge is -2.15. The summed E-state index contributed by atoms with van der Waals surface area (Å²) < 4.78 is 5.04. The van der Waals surface area contributed by atoms with E-state index in [9.17, 15) is 14.7 Å². The Morgan fingerprint density at radius 3 is 2.65 bits per heavy atom. The van der Waals surface area contributed by atoms with Crippen LogP contribution in [0.3, 0.4) is 0 Å². The number of carbonyl (C=O) groups excluding carboxylic acids is 2. The quantitative estimate of drug-likeness (QED) is 0.521. The van der Waals surface area contributed by atoms with Gasteiger partial charge in [-0.3, -0.25) is 4.79 Å². The Bertz CT molecular complexity index is 564. The summed E-state index contributed by atoms with van der Waals surface area (Å²) >= 11 is 17.5. The van der Waals surface area contributed by atoms with Crippen LogP contribution in [0.5, 0.6) is 5.75 Å². The Morgan fingerprint density at radius 1 is 1.35 bits per heavy atom. The van der Waals surface area contributed by atoms with Crippen LogP contribution in [0.2, 0.25) is 15.1 Å². The number of aliphatic hydroxyl groups is 1. The van der Waals surface area contributed by atoms with Gasteiger partial charge in [-0.15, -0.1) is 0 Å². The van der Waals surface area contributed by atoms with Gasteiger partial charge < -0.3 is 14.7 Å². The van der Waals surface area contributed by atoms with Gasteiger partial charge in [-0.1, -0.05) is 34.8 Å². The highest BCUT2D eigenvalue weighted by Gasteiger charge is 2.30. The number of hydrogen-bond donors (Lipinski definition) is 1. The third kappa shape index (κ3) is 3.35. The maximum absolute atomic E-state index is 11.7. The van der Waals surface area contributed by atoms with Crippen LogP contribution in [0.4, 0.5) is 0 Å². The van der Waals surface area contributed by atoms with Gasteiger partial charge in [-0.2, -0.15) is 0 Å². The maximum atomic E-state index is 11.7. The van der Waals surface area contributed by atoms with E-state index in [0.717, 1.165) is 0 Å². The number of halogens is 3. The minimum absolute atomic E-state index is 0.0147. The number of rotatable bonds is 3. The zero-order valence-electron chi connectivity index (χ0n) is 10.1. The lowest BCUT2D eigenvalue weighted by Crippen LogP contribution is -2.33. The molecule has 1 amide bonds. The van der Waals surface area contributed by atoms with Crippen molar-refractivity contribution in [3.05, 3.63) is 27.2 Å². The predicted octanol–water partition coefficient (Wildman–Crippen LogP) is 2.15. The molecule has 1 aliphatic rings. The largest absolute Gasteiger partial charge is 0.424 e. The van der Waals surface area contributed by atoms with Gasteiger partial charge in [0.15, 0.2) is 5.75 Å². The topological polar surface area (TPSA) is 66.8 Å². The Morgan fingerprint density at radius 2 is 2.05 bits per heavy atom. The van der Waals surface area contributed by atoms with Crippen LogP contribution in [0.15, 0.2) is 12.1 Å². The molecule has 1 unspecified atom stereocenters. The molecular formula is C12H10Cl3NO4. The van der Waals surface area contributed by atoms with E-state index in [1.807, 2.05) is 0 Å². The molecule has 1 heterocycles. The van der Waals surface area contributed by atoms with E-state index >= 15 is 0 Å². The summed E-state index contributed by atoms with van der Waals surface area (Å²) in [5.41, 5.74) is 0. The molecule has 0 aliphatic carbocycles. The fourth-order valence-corrected chi connectivity index (χ4v) is 2.37. The van der Waals surface area contributed by atoms with Crippen LogP contribution in [-0.2, 0) is 9.59 Å². The predicted molar refractivity (Wildman–Crippen MR) is 74.3 cm³/mol. The average Bonchev–Trinajstić information content (AvgIpc) is 2.68. The van der Waals surface area contributed by atoms with Crippen LogP contribution >= 0.6 is 34.8 Å². The maximum Gasteiger partial charge on any atom is 0.331 e. The monoisotopic (exact) mass is 337 g/mol. The number of likely N-dealkylation sites (tertiary alicyclic amines) is 1. The van der Waals surface area contributed by atoms with Crippen molar-refractivity contribution < 1.29 is 19.4 Å². The summed E-state index contributed by atoms with van der Waals surface area (Å²) in [7, 11) is 0. The summed E-state index contributed by atoms with van der Waals surface area (Å²) in [6.07, 6.45) is -0.732. The highest BCUT2D eigenvalue weighted by atomic mass is 35.5. The Labute approximate surface area is 130 Å². The number of amides is 1. The highest BCUT2D eigenvalue weighted by molar-refractivity contribution is 6.48. The summed E-state index contributed by atoms with van der Waals surface area (Å²) in [4.78, 5) is 24.4. The van der Waals surface area contributed by atoms with Crippen LogP contribution in [0, 0.1) is 0 Å². The molecule has 0 bridgehead atoms. The van der Waals surface area contributed by atoms with E-state index in [-0.39, 0.29) is 46.2 Å². The molecule has 5 nitrogen and oxygen atoms in total. The molecule has 20 heavy (non-hydrogen) atoms. The number of β-amino-alcohol motifs (C(OH)–C–C–N with tert-alkyl or cyclic N) is 1. The van der Waals surface area contributed by atoms with Gasteiger partial charge in [0.05, 0.1) is 22.6 Å². The standard InChI is InChI=1S/C12H10Cl3NO4/c13-7-1-2-8(12(15)11(7)14)20-10(19)5-16-4-6(17)3-9(16)18/h1-2,6,17H,3-5H2. The first-order chi connectivity index (χ1) is 9.38. The molecule has 8 heteroatoms. The van der Waals surface area contributed by atoms with Crippen molar-refractivity contribution in [1.29, 1.82) is 0 Å². The summed E-state index contributed by atoms with van der Waals surface area (Å²) in [6, 6.07) is 2.86. The molecule has 0 radical (unpaired) electrons. The van der Waals surface area contributed by atoms with Crippen LogP contribution < -0.4 is 4.74 Å². The van der Waals surface area contributed by atoms with E-state index in [0.29, 0.717) is 0 Å². The van der Waals surface area contributed by atoms with E-state index < -0.39 is 12.1 Å². The summed E-state index contributed by atoms with van der Waals surface area (Å²) in [5.74, 6) is -0.902. The zero-order valence-corrected chi connectivity index (χ0v) is 12.4. The minimum atomic E-state index is -0.746. The van der Waals surface area contributed by atoms with Crippen molar-refractivity contribution >= 4 is 46.7 Å². The number of carbonyl (C=O) groups is 2. The number of esters is 1. The average molecular weight is 339 g/mol. The second kappa shape index (κ2) is 6.18. The van der Waals surface area contributed by atoms with Gasteiger partial charge in [0.25, 0.3) is 0 Å². The van der Waals surface area contributed by atoms with E-state index in [2.05, 4.69) is 0 Å². The molecule has 1 aromatic carbocycles. The third-order valence-electron chi connectivity index (χ3n) is 2.74. The molecule has 1 saturated heterocycles. The Kier molecular flexibility index (Phi) is 4.75. The number of aliphatic hydroxyl groups excluding tert-OH is 1. The highest BCUT2D eigenvalue weighted by Crippen LogP contribution is 2.37. The summed E-state index contributed by atoms with van der Waals surface area (Å²) in [6.45, 7) is -0.143. The molecule has 0 aromatic heterocycles. The van der Waals surface area contributed by atoms with Crippen LogP contribution in [0.25, 0.3) is 0 Å². The normalized spacial score (nSPS) is 18.5. The van der Waals surface area contributed by atoms with Gasteiger partial charge in [0, 0.05) is 6.54 Å². The smallest absolute Gasteiger partial charge is 0.331 e. The molecule has 0 spiro atoms. The number of benzene rings is 1. The molecule has 1 aromatic rings. The van der Waals surface area contributed by atoms with Gasteiger partial charge in [-0.25, -0.2) is 4.79 Å². The molecule has 1 N–H and O–H groups in total. The second-order valence-corrected chi connectivity index (χ2v) is 5.44. The van der Waals surface area contributed by atoms with Crippen LogP contribution in [-0.4, -0.2) is 41.1 Å². The van der Waals surface area contributed by atoms with Crippen molar-refractivity contribution in [1.82, 2.24) is 4.90 Å². The molecule has 1 fully saturated rings. The second-order valence-electron chi connectivity index (χ2n) is 4.28. The first-order valence-corrected chi connectivity index (χ1v) is 6.82. The lowest BCUT2D eigenvalue weighted by molar-refractivity contribution is -0.140. The fraction of sp³-hybridized carbons (Fsp3) is 0.333. The number of hydrogen-bond acceptors (Lipinski definition) is 4. The number of nitrogens with zero attached hydrogens (tertiary/aromatic N) is 1. The van der Waals surface area contributed by atoms with Crippen molar-refractivity contribution in [2.45, 2.75) is 12.5 Å². The minimum Gasteiger partial charge on any atom is -0.424 e. The summed E-state index contributed by atoms with van der Waals surface area (Å²) in [5, 5.41) is 9.68. The van der Waals surface area contributed by atoms with Gasteiger partial charge >= 0.3 is 5.97 Å². The van der Waals surface area contributed by atoms with E-state index in [1.165, 1.54) is 17.0 Å². The fourth-order valence-electron chi connectivity index (χ4n) is 1.80. The Hall–Kier alpha value is -1.01. The number of ether oxygens (including phenoxy) is 1. The molecule has 108 valence electrons. The molecular weight excluding hydrogens is 328 g/mol. The molecule has 0 saturated carbocycles. The SMILES string of the molecule is O=C(CN1CC(O)CC1=O)Oc1ccc(Cl)c(Cl)c1Cl. The van der Waals surface area contributed by atoms with E-state index in [1.54, 1.807) is 0 Å². The Balaban J connectivity index is 2.02. The van der Waals surface area contributed by atoms with Gasteiger partial charge in [-0.05, 0) is 12.1 Å². The van der Waals surface area contributed by atoms with Crippen LogP contribution in [0.1, 0.15) is 6.42 Å². The lowest BCUT2D eigenvalue weighted by atomic mass is 10.3. The first-order valence-electron chi connectivity index (χ1n) is 5.68. The van der Waals surface area contributed by atoms with Crippen molar-refractivity contribution in [3.8, 4) is 5.75 Å². The van der Waals surface area contributed by atoms with E-state index in [4.69, 9.17) is 39.5 Å². The van der Waals surface area contributed by atoms with Crippen molar-refractivity contribution in [3.63, 3.8) is 0 Å². The van der Waals surface area contributed by atoms with Gasteiger partial charge in [0.2, 0.25) is 5.91 Å². The van der Waals surface area contributed by atoms with Crippen molar-refractivity contribution in [2.24, 2.45) is 0 Å². The molecule has 1 atom stereocenters.